The Morgan fingerprint density at radius 3 is 1.22 bits per heavy atom. The number of unbranched alkanes of at least 4 members (excludes halogenated alkanes) is 1. The van der Waals surface area contributed by atoms with Crippen molar-refractivity contribution in [2.24, 2.45) is 0 Å². The lowest BCUT2D eigenvalue weighted by molar-refractivity contribution is 0.764. The van der Waals surface area contributed by atoms with E-state index in [1.54, 1.807) is 0 Å². The topological polar surface area (TPSA) is 12.0 Å². The van der Waals surface area contributed by atoms with E-state index in [-0.39, 0.29) is 15.5 Å². The van der Waals surface area contributed by atoms with Crippen molar-refractivity contribution in [2.75, 3.05) is 6.54 Å². The monoisotopic (exact) mass is 601 g/mol. The predicted octanol–water partition coefficient (Wildman–Crippen LogP) is 12.6. The number of nitrogens with one attached hydrogen (secondary N) is 1. The van der Waals surface area contributed by atoms with Crippen molar-refractivity contribution in [3.8, 4) is 0 Å². The second-order valence-corrected chi connectivity index (χ2v) is 16.4. The van der Waals surface area contributed by atoms with Gasteiger partial charge in [-0.1, -0.05) is 153 Å². The fraction of sp³-hybridized carbons (Fsp3) is 0.351. The van der Waals surface area contributed by atoms with Gasteiger partial charge in [0.05, 0.1) is 0 Å². The molecule has 41 heavy (non-hydrogen) atoms. The highest BCUT2D eigenvalue weighted by molar-refractivity contribution is 7.84. The van der Waals surface area contributed by atoms with Gasteiger partial charge in [-0.25, -0.2) is 0 Å². The zero-order chi connectivity index (χ0) is 27.6. The average Bonchev–Trinajstić information content (AvgIpc) is 3.63. The largest absolute Gasteiger partial charge is 0.295 e. The summed E-state index contributed by atoms with van der Waals surface area (Å²) in [6, 6.07) is 43.7. The van der Waals surface area contributed by atoms with E-state index in [4.69, 9.17) is 11.2 Å². The molecule has 4 aromatic carbocycles. The molecule has 0 aromatic heterocycles. The first-order valence-corrected chi connectivity index (χ1v) is 18.8. The fourth-order valence-corrected chi connectivity index (χ4v) is 12.7. The van der Waals surface area contributed by atoms with Crippen molar-refractivity contribution in [1.82, 2.24) is 5.09 Å². The zero-order valence-electron chi connectivity index (χ0n) is 23.6. The molecular weight excluding hydrogens is 556 g/mol. The third-order valence-corrected chi connectivity index (χ3v) is 15.0. The average molecular weight is 602 g/mol. The maximum Gasteiger partial charge on any atom is 0.0186 e. The lowest BCUT2D eigenvalue weighted by atomic mass is 10.0. The molecule has 2 saturated heterocycles. The number of halogens is 1. The first-order valence-electron chi connectivity index (χ1n) is 14.9. The Hall–Kier alpha value is -2.01. The minimum atomic E-state index is -0.472. The van der Waals surface area contributed by atoms with E-state index in [0.29, 0.717) is 22.6 Å². The van der Waals surface area contributed by atoms with E-state index < -0.39 is 7.27 Å². The lowest BCUT2D eigenvalue weighted by Gasteiger charge is -2.27. The van der Waals surface area contributed by atoms with Crippen LogP contribution in [0.25, 0.3) is 0 Å². The molecule has 2 heterocycles. The summed E-state index contributed by atoms with van der Waals surface area (Å²) in [6.07, 6.45) is 7.62. The molecule has 0 saturated carbocycles. The minimum Gasteiger partial charge on any atom is -0.295 e. The highest BCUT2D eigenvalue weighted by atomic mass is 35.7. The summed E-state index contributed by atoms with van der Waals surface area (Å²) in [7, 11) is -0.658. The van der Waals surface area contributed by atoms with Gasteiger partial charge in [-0.05, 0) is 69.0 Å². The number of hydrogen-bond donors (Lipinski definition) is 1. The van der Waals surface area contributed by atoms with Crippen LogP contribution in [0.5, 0.6) is 0 Å². The van der Waals surface area contributed by atoms with E-state index >= 15 is 0 Å². The van der Waals surface area contributed by atoms with E-state index in [9.17, 15) is 0 Å². The van der Waals surface area contributed by atoms with Gasteiger partial charge >= 0.3 is 0 Å². The van der Waals surface area contributed by atoms with Gasteiger partial charge in [-0.15, -0.1) is 0 Å². The van der Waals surface area contributed by atoms with Crippen LogP contribution < -0.4 is 5.09 Å². The van der Waals surface area contributed by atoms with Gasteiger partial charge in [0.25, 0.3) is 0 Å². The van der Waals surface area contributed by atoms with Crippen LogP contribution in [0.3, 0.4) is 0 Å². The smallest absolute Gasteiger partial charge is 0.0186 e. The molecule has 2 fully saturated rings. The summed E-state index contributed by atoms with van der Waals surface area (Å²) in [4.78, 5) is 0. The molecule has 0 bridgehead atoms. The standard InChI is InChI=1S/C20H26NP.C16H16ClP.CH4/c1-2-3-16-21-22-19(17-10-6-4-7-11-17)14-15-20(22)18-12-8-5-9-13-18;17-18-15(13-7-3-1-4-8-13)11-12-16(18)14-9-5-2-6-10-14;/h4-13,19-21H,2-3,14-16H2,1H3;1-10,15-16H,11-12H2;1H4/t19-,20-;15-,16-;/m11./s1. The molecule has 4 aromatic rings. The van der Waals surface area contributed by atoms with E-state index in [1.807, 2.05) is 0 Å². The third-order valence-electron chi connectivity index (χ3n) is 8.26. The minimum absolute atomic E-state index is 0. The van der Waals surface area contributed by atoms with Crippen LogP contribution >= 0.6 is 26.6 Å². The molecule has 0 aliphatic carbocycles. The Labute approximate surface area is 256 Å². The zero-order valence-corrected chi connectivity index (χ0v) is 26.1. The van der Waals surface area contributed by atoms with Crippen molar-refractivity contribution >= 4 is 26.6 Å². The van der Waals surface area contributed by atoms with Crippen LogP contribution in [0.4, 0.5) is 0 Å². The van der Waals surface area contributed by atoms with Crippen molar-refractivity contribution in [3.05, 3.63) is 144 Å². The molecular formula is C37H46ClNP2. The highest BCUT2D eigenvalue weighted by Crippen LogP contribution is 2.73. The lowest BCUT2D eigenvalue weighted by Crippen LogP contribution is -2.13. The van der Waals surface area contributed by atoms with Crippen LogP contribution in [0.15, 0.2) is 121 Å². The molecule has 2 aliphatic rings. The third kappa shape index (κ3) is 8.30. The van der Waals surface area contributed by atoms with Crippen LogP contribution in [-0.2, 0) is 0 Å². The van der Waals surface area contributed by atoms with E-state index in [2.05, 4.69) is 133 Å². The fourth-order valence-electron chi connectivity index (χ4n) is 6.17. The molecule has 1 nitrogen and oxygen atoms in total. The van der Waals surface area contributed by atoms with E-state index in [1.165, 1.54) is 60.8 Å². The van der Waals surface area contributed by atoms with Crippen LogP contribution in [0.2, 0.25) is 0 Å². The Kier molecular flexibility index (Phi) is 12.9. The van der Waals surface area contributed by atoms with Crippen molar-refractivity contribution in [3.63, 3.8) is 0 Å². The maximum absolute atomic E-state index is 6.78. The van der Waals surface area contributed by atoms with Crippen molar-refractivity contribution in [2.45, 2.75) is 75.5 Å². The normalized spacial score (nSPS) is 22.5. The van der Waals surface area contributed by atoms with E-state index in [0.717, 1.165) is 6.54 Å². The van der Waals surface area contributed by atoms with Gasteiger partial charge in [0.15, 0.2) is 0 Å². The predicted molar refractivity (Wildman–Crippen MR) is 185 cm³/mol. The summed E-state index contributed by atoms with van der Waals surface area (Å²) >= 11 is 6.78. The Morgan fingerprint density at radius 1 is 0.561 bits per heavy atom. The van der Waals surface area contributed by atoms with Gasteiger partial charge < -0.3 is 0 Å². The number of benzene rings is 4. The Bertz CT molecular complexity index is 1160. The van der Waals surface area contributed by atoms with Gasteiger partial charge in [-0.3, -0.25) is 5.09 Å². The van der Waals surface area contributed by atoms with Crippen LogP contribution in [-0.4, -0.2) is 6.54 Å². The first kappa shape index (κ1) is 31.9. The van der Waals surface area contributed by atoms with Crippen LogP contribution in [0, 0.1) is 0 Å². The van der Waals surface area contributed by atoms with Gasteiger partial charge in [0.1, 0.15) is 0 Å². The first-order chi connectivity index (χ1) is 19.8. The maximum atomic E-state index is 6.78. The second kappa shape index (κ2) is 16.6. The van der Waals surface area contributed by atoms with Crippen LogP contribution in [0.1, 0.15) is 97.8 Å². The number of hydrogen-bond acceptors (Lipinski definition) is 1. The molecule has 0 amide bonds. The Morgan fingerprint density at radius 2 is 0.878 bits per heavy atom. The summed E-state index contributed by atoms with van der Waals surface area (Å²) in [5.74, 6) is 0. The van der Waals surface area contributed by atoms with Gasteiger partial charge in [-0.2, -0.15) is 0 Å². The molecule has 1 N–H and O–H groups in total. The molecule has 4 atom stereocenters. The second-order valence-electron chi connectivity index (χ2n) is 10.9. The molecule has 0 radical (unpaired) electrons. The highest BCUT2D eigenvalue weighted by Gasteiger charge is 2.37. The summed E-state index contributed by atoms with van der Waals surface area (Å²) in [5.41, 5.74) is 8.42. The molecule has 4 heteroatoms. The number of rotatable bonds is 8. The molecule has 6 rings (SSSR count). The van der Waals surface area contributed by atoms with Crippen molar-refractivity contribution in [1.29, 1.82) is 0 Å². The summed E-state index contributed by atoms with van der Waals surface area (Å²) < 4.78 is 0. The summed E-state index contributed by atoms with van der Waals surface area (Å²) in [6.45, 7) is 3.43. The van der Waals surface area contributed by atoms with Gasteiger partial charge in [0, 0.05) is 29.9 Å². The quantitative estimate of drug-likeness (QED) is 0.156. The summed E-state index contributed by atoms with van der Waals surface area (Å²) in [5, 5.41) is 3.94. The molecule has 0 unspecified atom stereocenters. The molecule has 216 valence electrons. The van der Waals surface area contributed by atoms with Gasteiger partial charge in [0.2, 0.25) is 0 Å². The Balaban J connectivity index is 0.000000188. The molecule has 2 aliphatic heterocycles. The SMILES string of the molecule is C.CCCCNP1[C@@H](c2ccccc2)CC[C@@H]1c1ccccc1.ClP1[C@@H](c2ccccc2)CC[C@@H]1c1ccccc1. The molecule has 0 spiro atoms. The van der Waals surface area contributed by atoms with Crippen molar-refractivity contribution < 1.29 is 0 Å².